The standard InChI is InChI=1S/C18H13F4N3O2S2/c19-12-3-1-2-4-14(12)25-16(27)11-6-5-10(9-13(11)24-17(25)28)15(26)23-7-8-29-18(20,21)22/h1-6,9H,7-8H2,(H,23,26)(H,24,28). The second-order valence-corrected chi connectivity index (χ2v) is 7.38. The predicted molar refractivity (Wildman–Crippen MR) is 106 cm³/mol. The van der Waals surface area contributed by atoms with Gasteiger partial charge in [-0.3, -0.25) is 9.59 Å². The number of alkyl halides is 3. The SMILES string of the molecule is O=C(NCCSC(F)(F)F)c1ccc2c(=O)n(-c3ccccc3F)c(=S)[nH]c2c1. The van der Waals surface area contributed by atoms with E-state index in [1.165, 1.54) is 36.4 Å². The molecule has 0 spiro atoms. The Balaban J connectivity index is 1.89. The summed E-state index contributed by atoms with van der Waals surface area (Å²) in [6.45, 7) is -0.175. The number of amides is 1. The second kappa shape index (κ2) is 8.37. The number of H-pyrrole nitrogens is 1. The zero-order chi connectivity index (χ0) is 21.2. The quantitative estimate of drug-likeness (QED) is 0.353. The van der Waals surface area contributed by atoms with Crippen LogP contribution in [0.25, 0.3) is 16.6 Å². The fourth-order valence-electron chi connectivity index (χ4n) is 2.64. The van der Waals surface area contributed by atoms with Gasteiger partial charge in [0.1, 0.15) is 5.82 Å². The number of carbonyl (C=O) groups is 1. The minimum Gasteiger partial charge on any atom is -0.351 e. The van der Waals surface area contributed by atoms with Gasteiger partial charge in [-0.15, -0.1) is 0 Å². The summed E-state index contributed by atoms with van der Waals surface area (Å²) in [4.78, 5) is 27.7. The number of fused-ring (bicyclic) bond motifs is 1. The summed E-state index contributed by atoms with van der Waals surface area (Å²) in [6, 6.07) is 9.75. The number of hydrogen-bond donors (Lipinski definition) is 2. The van der Waals surface area contributed by atoms with E-state index in [0.29, 0.717) is 0 Å². The van der Waals surface area contributed by atoms with Crippen molar-refractivity contribution < 1.29 is 22.4 Å². The lowest BCUT2D eigenvalue weighted by molar-refractivity contribution is -0.0327. The second-order valence-electron chi connectivity index (χ2n) is 5.83. The van der Waals surface area contributed by atoms with Crippen molar-refractivity contribution in [1.82, 2.24) is 14.9 Å². The monoisotopic (exact) mass is 443 g/mol. The summed E-state index contributed by atoms with van der Waals surface area (Å²) in [6.07, 6.45) is 0. The van der Waals surface area contributed by atoms with Gasteiger partial charge >= 0.3 is 5.51 Å². The molecule has 0 aliphatic carbocycles. The summed E-state index contributed by atoms with van der Waals surface area (Å²) >= 11 is 4.94. The van der Waals surface area contributed by atoms with Gasteiger partial charge in [-0.25, -0.2) is 8.96 Å². The Bertz CT molecular complexity index is 1190. The number of hydrogen-bond acceptors (Lipinski definition) is 4. The van der Waals surface area contributed by atoms with Gasteiger partial charge in [0.2, 0.25) is 0 Å². The van der Waals surface area contributed by atoms with Crippen LogP contribution in [-0.2, 0) is 0 Å². The number of aromatic nitrogens is 2. The largest absolute Gasteiger partial charge is 0.441 e. The first-order valence-corrected chi connectivity index (χ1v) is 9.59. The normalized spacial score (nSPS) is 11.6. The maximum atomic E-state index is 14.1. The highest BCUT2D eigenvalue weighted by Crippen LogP contribution is 2.29. The first-order chi connectivity index (χ1) is 13.7. The molecule has 0 unspecified atom stereocenters. The van der Waals surface area contributed by atoms with E-state index in [9.17, 15) is 27.2 Å². The Labute approximate surface area is 170 Å². The molecule has 0 atom stereocenters. The molecule has 1 amide bonds. The maximum Gasteiger partial charge on any atom is 0.441 e. The van der Waals surface area contributed by atoms with E-state index in [0.717, 1.165) is 4.57 Å². The molecule has 0 fully saturated rings. The summed E-state index contributed by atoms with van der Waals surface area (Å²) in [7, 11) is 0. The van der Waals surface area contributed by atoms with Crippen LogP contribution < -0.4 is 10.9 Å². The van der Waals surface area contributed by atoms with E-state index in [-0.39, 0.29) is 51.0 Å². The van der Waals surface area contributed by atoms with Crippen LogP contribution in [0.5, 0.6) is 0 Å². The van der Waals surface area contributed by atoms with E-state index in [1.54, 1.807) is 6.07 Å². The smallest absolute Gasteiger partial charge is 0.351 e. The number of aromatic amines is 1. The van der Waals surface area contributed by atoms with Gasteiger partial charge in [-0.05, 0) is 54.3 Å². The number of rotatable bonds is 5. The van der Waals surface area contributed by atoms with Crippen molar-refractivity contribution in [3.8, 4) is 5.69 Å². The van der Waals surface area contributed by atoms with Crippen LogP contribution in [0, 0.1) is 10.6 Å². The number of benzene rings is 2. The fraction of sp³-hybridized carbons (Fsp3) is 0.167. The molecule has 152 valence electrons. The molecule has 0 radical (unpaired) electrons. The third-order valence-corrected chi connectivity index (χ3v) is 4.93. The molecule has 11 heteroatoms. The molecular formula is C18H13F4N3O2S2. The van der Waals surface area contributed by atoms with Crippen LogP contribution >= 0.6 is 24.0 Å². The number of para-hydroxylation sites is 1. The van der Waals surface area contributed by atoms with Gasteiger partial charge in [0.25, 0.3) is 11.5 Å². The third-order valence-electron chi connectivity index (χ3n) is 3.91. The Morgan fingerprint density at radius 3 is 2.62 bits per heavy atom. The molecule has 0 saturated heterocycles. The van der Waals surface area contributed by atoms with Crippen LogP contribution in [0.4, 0.5) is 17.6 Å². The summed E-state index contributed by atoms with van der Waals surface area (Å²) in [5.41, 5.74) is -4.54. The number of carbonyl (C=O) groups excluding carboxylic acids is 1. The van der Waals surface area contributed by atoms with Crippen LogP contribution in [0.3, 0.4) is 0 Å². The number of halogens is 4. The Morgan fingerprint density at radius 2 is 1.93 bits per heavy atom. The Morgan fingerprint density at radius 1 is 1.21 bits per heavy atom. The molecule has 1 heterocycles. The molecule has 5 nitrogen and oxygen atoms in total. The van der Waals surface area contributed by atoms with E-state index < -0.39 is 22.8 Å². The van der Waals surface area contributed by atoms with Gasteiger partial charge in [0.15, 0.2) is 4.77 Å². The maximum absolute atomic E-state index is 14.1. The van der Waals surface area contributed by atoms with Crippen molar-refractivity contribution in [3.63, 3.8) is 0 Å². The van der Waals surface area contributed by atoms with Crippen molar-refractivity contribution in [2.24, 2.45) is 0 Å². The summed E-state index contributed by atoms with van der Waals surface area (Å²) in [5.74, 6) is -1.54. The molecule has 3 rings (SSSR count). The molecule has 2 aromatic carbocycles. The molecule has 0 aliphatic heterocycles. The van der Waals surface area contributed by atoms with Crippen molar-refractivity contribution in [2.45, 2.75) is 5.51 Å². The molecule has 1 aromatic heterocycles. The molecule has 0 saturated carbocycles. The van der Waals surface area contributed by atoms with Crippen LogP contribution in [0.2, 0.25) is 0 Å². The molecule has 2 N–H and O–H groups in total. The van der Waals surface area contributed by atoms with Crippen LogP contribution in [0.1, 0.15) is 10.4 Å². The summed E-state index contributed by atoms with van der Waals surface area (Å²) in [5, 5.41) is 2.55. The summed E-state index contributed by atoms with van der Waals surface area (Å²) < 4.78 is 51.4. The minimum atomic E-state index is -4.36. The highest BCUT2D eigenvalue weighted by molar-refractivity contribution is 8.00. The van der Waals surface area contributed by atoms with Gasteiger partial charge in [-0.1, -0.05) is 12.1 Å². The van der Waals surface area contributed by atoms with E-state index >= 15 is 0 Å². The number of nitrogens with zero attached hydrogens (tertiary/aromatic N) is 1. The molecule has 29 heavy (non-hydrogen) atoms. The average molecular weight is 443 g/mol. The molecular weight excluding hydrogens is 430 g/mol. The lowest BCUT2D eigenvalue weighted by atomic mass is 10.1. The highest BCUT2D eigenvalue weighted by atomic mass is 32.2. The predicted octanol–water partition coefficient (Wildman–Crippen LogP) is 4.17. The van der Waals surface area contributed by atoms with E-state index in [4.69, 9.17) is 12.2 Å². The minimum absolute atomic E-state index is 0.00960. The first-order valence-electron chi connectivity index (χ1n) is 8.20. The number of thioether (sulfide) groups is 1. The van der Waals surface area contributed by atoms with Gasteiger partial charge in [-0.2, -0.15) is 13.2 Å². The van der Waals surface area contributed by atoms with Crippen molar-refractivity contribution in [1.29, 1.82) is 0 Å². The highest BCUT2D eigenvalue weighted by Gasteiger charge is 2.27. The topological polar surface area (TPSA) is 66.9 Å². The molecule has 0 aliphatic rings. The van der Waals surface area contributed by atoms with Gasteiger partial charge in [0, 0.05) is 17.9 Å². The average Bonchev–Trinajstić information content (AvgIpc) is 2.65. The first kappa shape index (κ1) is 21.1. The van der Waals surface area contributed by atoms with Crippen LogP contribution in [0.15, 0.2) is 47.3 Å². The van der Waals surface area contributed by atoms with Crippen molar-refractivity contribution >= 4 is 40.8 Å². The fourth-order valence-corrected chi connectivity index (χ4v) is 3.37. The van der Waals surface area contributed by atoms with E-state index in [2.05, 4.69) is 10.3 Å². The van der Waals surface area contributed by atoms with Gasteiger partial charge < -0.3 is 10.3 Å². The molecule has 3 aromatic rings. The zero-order valence-electron chi connectivity index (χ0n) is 14.5. The van der Waals surface area contributed by atoms with Gasteiger partial charge in [0.05, 0.1) is 16.6 Å². The lowest BCUT2D eigenvalue weighted by Gasteiger charge is -2.10. The van der Waals surface area contributed by atoms with Crippen molar-refractivity contribution in [3.05, 3.63) is 69.0 Å². The lowest BCUT2D eigenvalue weighted by Crippen LogP contribution is -2.27. The molecule has 0 bridgehead atoms. The van der Waals surface area contributed by atoms with E-state index in [1.807, 2.05) is 0 Å². The third kappa shape index (κ3) is 4.85. The Hall–Kier alpha value is -2.66. The zero-order valence-corrected chi connectivity index (χ0v) is 16.2. The van der Waals surface area contributed by atoms with Crippen LogP contribution in [-0.4, -0.2) is 33.3 Å². The number of nitrogens with one attached hydrogen (secondary N) is 2. The Kier molecular flexibility index (Phi) is 6.08. The van der Waals surface area contributed by atoms with Crippen molar-refractivity contribution in [2.75, 3.05) is 12.3 Å².